The normalized spacial score (nSPS) is 15.7. The second kappa shape index (κ2) is 2.94. The van der Waals surface area contributed by atoms with E-state index in [1.54, 1.807) is 11.2 Å². The Labute approximate surface area is 74.9 Å². The Morgan fingerprint density at radius 2 is 2.33 bits per heavy atom. The maximum Gasteiger partial charge on any atom is 0.156 e. The molecular weight excluding hydrogens is 172 g/mol. The van der Waals surface area contributed by atoms with Gasteiger partial charge in [-0.1, -0.05) is 23.5 Å². The van der Waals surface area contributed by atoms with Crippen LogP contribution >= 0.6 is 12.2 Å². The van der Waals surface area contributed by atoms with Gasteiger partial charge in [-0.25, -0.2) is 4.98 Å². The van der Waals surface area contributed by atoms with Crippen LogP contribution in [0.15, 0.2) is 34.7 Å². The molecule has 0 aliphatic carbocycles. The molecule has 0 bridgehead atoms. The van der Waals surface area contributed by atoms with E-state index in [0.29, 0.717) is 11.5 Å². The minimum Gasteiger partial charge on any atom is -0.237 e. The first-order chi connectivity index (χ1) is 5.88. The van der Waals surface area contributed by atoms with Crippen molar-refractivity contribution in [1.82, 2.24) is 4.98 Å². The van der Waals surface area contributed by atoms with Crippen LogP contribution in [0, 0.1) is 0 Å². The fourth-order valence-electron chi connectivity index (χ4n) is 0.925. The SMILES string of the molecule is S=C1CN=NN1c1ccccn1. The average Bonchev–Trinajstić information content (AvgIpc) is 2.53. The Morgan fingerprint density at radius 1 is 1.42 bits per heavy atom. The van der Waals surface area contributed by atoms with E-state index < -0.39 is 0 Å². The fraction of sp³-hybridized carbons (Fsp3) is 0.143. The smallest absolute Gasteiger partial charge is 0.156 e. The molecule has 2 heterocycles. The van der Waals surface area contributed by atoms with Crippen molar-refractivity contribution in [2.75, 3.05) is 11.6 Å². The number of pyridine rings is 1. The van der Waals surface area contributed by atoms with Gasteiger partial charge in [-0.2, -0.15) is 10.1 Å². The molecular formula is C7H6N4S. The topological polar surface area (TPSA) is 40.9 Å². The van der Waals surface area contributed by atoms with E-state index in [1.807, 2.05) is 18.2 Å². The zero-order chi connectivity index (χ0) is 8.39. The number of hydrogen-bond acceptors (Lipinski definition) is 4. The molecule has 0 N–H and O–H groups in total. The Kier molecular flexibility index (Phi) is 1.79. The zero-order valence-electron chi connectivity index (χ0n) is 6.21. The molecule has 1 aliphatic rings. The molecule has 5 heteroatoms. The summed E-state index contributed by atoms with van der Waals surface area (Å²) in [5, 5.41) is 9.20. The largest absolute Gasteiger partial charge is 0.237 e. The third kappa shape index (κ3) is 1.18. The monoisotopic (exact) mass is 178 g/mol. The Balaban J connectivity index is 2.31. The highest BCUT2D eigenvalue weighted by Gasteiger charge is 2.16. The van der Waals surface area contributed by atoms with Gasteiger partial charge in [0.2, 0.25) is 0 Å². The predicted molar refractivity (Wildman–Crippen MR) is 49.0 cm³/mol. The molecule has 1 aromatic heterocycles. The summed E-state index contributed by atoms with van der Waals surface area (Å²) in [6.07, 6.45) is 1.70. The Bertz CT molecular complexity index is 321. The van der Waals surface area contributed by atoms with Gasteiger partial charge >= 0.3 is 0 Å². The van der Waals surface area contributed by atoms with E-state index in [1.165, 1.54) is 0 Å². The minimum atomic E-state index is 0.492. The number of aromatic nitrogens is 1. The maximum absolute atomic E-state index is 5.02. The molecule has 0 radical (unpaired) electrons. The molecule has 1 aliphatic heterocycles. The third-order valence-electron chi connectivity index (χ3n) is 1.46. The number of thiocarbonyl (C=S) groups is 1. The van der Waals surface area contributed by atoms with Crippen LogP contribution in [-0.4, -0.2) is 16.5 Å². The maximum atomic E-state index is 5.02. The fourth-order valence-corrected chi connectivity index (χ4v) is 1.11. The van der Waals surface area contributed by atoms with Crippen LogP contribution in [0.3, 0.4) is 0 Å². The van der Waals surface area contributed by atoms with Crippen molar-refractivity contribution in [3.63, 3.8) is 0 Å². The van der Waals surface area contributed by atoms with E-state index in [9.17, 15) is 0 Å². The summed E-state index contributed by atoms with van der Waals surface area (Å²) < 4.78 is 0. The second-order valence-electron chi connectivity index (χ2n) is 2.28. The molecule has 2 rings (SSSR count). The molecule has 60 valence electrons. The average molecular weight is 178 g/mol. The van der Waals surface area contributed by atoms with Gasteiger partial charge in [0.25, 0.3) is 0 Å². The van der Waals surface area contributed by atoms with Crippen LogP contribution in [0.25, 0.3) is 0 Å². The number of nitrogens with zero attached hydrogens (tertiary/aromatic N) is 4. The van der Waals surface area contributed by atoms with E-state index in [0.717, 1.165) is 5.82 Å². The van der Waals surface area contributed by atoms with Crippen molar-refractivity contribution < 1.29 is 0 Å². The van der Waals surface area contributed by atoms with Gasteiger partial charge in [0.15, 0.2) is 5.82 Å². The second-order valence-corrected chi connectivity index (χ2v) is 2.75. The van der Waals surface area contributed by atoms with Gasteiger partial charge in [0.1, 0.15) is 11.5 Å². The van der Waals surface area contributed by atoms with Crippen LogP contribution in [0.5, 0.6) is 0 Å². The van der Waals surface area contributed by atoms with E-state index in [2.05, 4.69) is 15.3 Å². The summed E-state index contributed by atoms with van der Waals surface area (Å²) in [4.78, 5) is 4.78. The van der Waals surface area contributed by atoms with Gasteiger partial charge in [-0.15, -0.1) is 0 Å². The molecule has 0 fully saturated rings. The van der Waals surface area contributed by atoms with Crippen LogP contribution in [-0.2, 0) is 0 Å². The van der Waals surface area contributed by atoms with Crippen molar-refractivity contribution >= 4 is 23.0 Å². The third-order valence-corrected chi connectivity index (χ3v) is 1.76. The molecule has 1 aromatic rings. The van der Waals surface area contributed by atoms with Crippen molar-refractivity contribution in [2.45, 2.75) is 0 Å². The number of rotatable bonds is 1. The lowest BCUT2D eigenvalue weighted by Crippen LogP contribution is -2.20. The summed E-state index contributed by atoms with van der Waals surface area (Å²) in [6, 6.07) is 5.58. The van der Waals surface area contributed by atoms with Gasteiger partial charge in [-0.05, 0) is 12.1 Å². The van der Waals surface area contributed by atoms with E-state index in [4.69, 9.17) is 12.2 Å². The Hall–Kier alpha value is -1.36. The highest BCUT2D eigenvalue weighted by molar-refractivity contribution is 7.80. The van der Waals surface area contributed by atoms with E-state index in [-0.39, 0.29) is 0 Å². The molecule has 0 amide bonds. The number of hydrogen-bond donors (Lipinski definition) is 0. The lowest BCUT2D eigenvalue weighted by atomic mass is 10.4. The Morgan fingerprint density at radius 3 is 2.92 bits per heavy atom. The molecule has 0 atom stereocenters. The van der Waals surface area contributed by atoms with Crippen LogP contribution in [0.1, 0.15) is 0 Å². The van der Waals surface area contributed by atoms with Crippen molar-refractivity contribution in [3.05, 3.63) is 24.4 Å². The van der Waals surface area contributed by atoms with Crippen molar-refractivity contribution in [2.24, 2.45) is 10.3 Å². The predicted octanol–water partition coefficient (Wildman–Crippen LogP) is 1.60. The highest BCUT2D eigenvalue weighted by Crippen LogP contribution is 2.14. The minimum absolute atomic E-state index is 0.492. The molecule has 0 unspecified atom stereocenters. The summed E-state index contributed by atoms with van der Waals surface area (Å²) in [6.45, 7) is 0.492. The van der Waals surface area contributed by atoms with Crippen molar-refractivity contribution in [1.29, 1.82) is 0 Å². The summed E-state index contributed by atoms with van der Waals surface area (Å²) in [5.41, 5.74) is 0. The first-order valence-corrected chi connectivity index (χ1v) is 3.90. The van der Waals surface area contributed by atoms with Crippen LogP contribution in [0.4, 0.5) is 5.82 Å². The standard InChI is InChI=1S/C7H6N4S/c12-7-5-9-10-11(7)6-3-1-2-4-8-6/h1-4H,5H2. The number of anilines is 1. The quantitative estimate of drug-likeness (QED) is 0.613. The van der Waals surface area contributed by atoms with Crippen LogP contribution < -0.4 is 5.01 Å². The van der Waals surface area contributed by atoms with Gasteiger partial charge in [-0.3, -0.25) is 0 Å². The van der Waals surface area contributed by atoms with Gasteiger partial charge in [0.05, 0.1) is 0 Å². The molecule has 0 saturated carbocycles. The highest BCUT2D eigenvalue weighted by atomic mass is 32.1. The molecule has 0 saturated heterocycles. The van der Waals surface area contributed by atoms with Gasteiger partial charge in [0, 0.05) is 6.20 Å². The zero-order valence-corrected chi connectivity index (χ0v) is 7.03. The lowest BCUT2D eigenvalue weighted by molar-refractivity contribution is 1.01. The first-order valence-electron chi connectivity index (χ1n) is 3.49. The molecule has 4 nitrogen and oxygen atoms in total. The van der Waals surface area contributed by atoms with Crippen LogP contribution in [0.2, 0.25) is 0 Å². The van der Waals surface area contributed by atoms with Crippen molar-refractivity contribution in [3.8, 4) is 0 Å². The van der Waals surface area contributed by atoms with Gasteiger partial charge < -0.3 is 0 Å². The molecule has 12 heavy (non-hydrogen) atoms. The first kappa shape index (κ1) is 7.30. The lowest BCUT2D eigenvalue weighted by Gasteiger charge is -2.09. The molecule has 0 aromatic carbocycles. The summed E-state index contributed by atoms with van der Waals surface area (Å²) in [5.74, 6) is 0.726. The summed E-state index contributed by atoms with van der Waals surface area (Å²) >= 11 is 5.02. The van der Waals surface area contributed by atoms with E-state index >= 15 is 0 Å². The summed E-state index contributed by atoms with van der Waals surface area (Å²) in [7, 11) is 0. The molecule has 0 spiro atoms.